The highest BCUT2D eigenvalue weighted by atomic mass is 32.2. The maximum absolute atomic E-state index is 12.1. The Balaban J connectivity index is 2.67. The van der Waals surface area contributed by atoms with Gasteiger partial charge in [-0.05, 0) is 45.4 Å². The van der Waals surface area contributed by atoms with Crippen LogP contribution in [0.1, 0.15) is 33.3 Å². The molecular weight excluding hydrogens is 322 g/mol. The maximum Gasteiger partial charge on any atom is 0.193 e. The van der Waals surface area contributed by atoms with Crippen molar-refractivity contribution in [2.24, 2.45) is 4.99 Å². The van der Waals surface area contributed by atoms with Gasteiger partial charge in [0.05, 0.1) is 13.7 Å². The van der Waals surface area contributed by atoms with Gasteiger partial charge in [-0.2, -0.15) is 0 Å². The Morgan fingerprint density at radius 1 is 1.29 bits per heavy atom. The molecule has 1 aromatic carbocycles. The molecule has 0 heterocycles. The van der Waals surface area contributed by atoms with Crippen molar-refractivity contribution in [3.8, 4) is 5.75 Å². The first-order valence-corrected chi connectivity index (χ1v) is 9.60. The number of nitrogens with one attached hydrogen (secondary N) is 1. The Kier molecular flexibility index (Phi) is 8.25. The van der Waals surface area contributed by atoms with Crippen LogP contribution in [-0.4, -0.2) is 52.8 Å². The van der Waals surface area contributed by atoms with Crippen LogP contribution < -0.4 is 10.1 Å². The molecule has 0 spiro atoms. The molecule has 6 heteroatoms. The number of benzene rings is 1. The molecule has 0 aromatic heterocycles. The molecule has 0 radical (unpaired) electrons. The minimum absolute atomic E-state index is 0.192. The lowest BCUT2D eigenvalue weighted by atomic mass is 10.2. The van der Waals surface area contributed by atoms with Crippen molar-refractivity contribution in [1.82, 2.24) is 10.2 Å². The molecule has 1 N–H and O–H groups in total. The first-order valence-electron chi connectivity index (χ1n) is 8.28. The van der Waals surface area contributed by atoms with Crippen molar-refractivity contribution in [3.05, 3.63) is 29.8 Å². The largest absolute Gasteiger partial charge is 0.497 e. The van der Waals surface area contributed by atoms with Gasteiger partial charge in [-0.25, -0.2) is 0 Å². The van der Waals surface area contributed by atoms with Crippen LogP contribution in [0, 0.1) is 0 Å². The van der Waals surface area contributed by atoms with Crippen LogP contribution in [0.5, 0.6) is 5.75 Å². The Morgan fingerprint density at radius 3 is 2.42 bits per heavy atom. The molecule has 0 aliphatic carbocycles. The van der Waals surface area contributed by atoms with E-state index in [-0.39, 0.29) is 4.75 Å². The van der Waals surface area contributed by atoms with Gasteiger partial charge in [0.1, 0.15) is 5.75 Å². The van der Waals surface area contributed by atoms with Gasteiger partial charge in [-0.1, -0.05) is 12.1 Å². The van der Waals surface area contributed by atoms with E-state index < -0.39 is 10.8 Å². The summed E-state index contributed by atoms with van der Waals surface area (Å²) in [6.07, 6.45) is 0. The molecule has 0 aliphatic heterocycles. The van der Waals surface area contributed by atoms with E-state index in [1.54, 1.807) is 7.11 Å². The summed E-state index contributed by atoms with van der Waals surface area (Å²) >= 11 is 0. The van der Waals surface area contributed by atoms with Crippen molar-refractivity contribution in [1.29, 1.82) is 0 Å². The Morgan fingerprint density at radius 2 is 1.92 bits per heavy atom. The fourth-order valence-electron chi connectivity index (χ4n) is 2.09. The normalized spacial score (nSPS) is 13.5. The summed E-state index contributed by atoms with van der Waals surface area (Å²) in [5.41, 5.74) is 1.18. The molecule has 136 valence electrons. The summed E-state index contributed by atoms with van der Waals surface area (Å²) in [6.45, 7) is 10.1. The Hall–Kier alpha value is -1.56. The summed E-state index contributed by atoms with van der Waals surface area (Å²) < 4.78 is 17.1. The number of nitrogens with zero attached hydrogens (tertiary/aromatic N) is 2. The fourth-order valence-corrected chi connectivity index (χ4v) is 2.96. The first kappa shape index (κ1) is 20.5. The summed E-state index contributed by atoms with van der Waals surface area (Å²) in [5.74, 6) is 2.26. The van der Waals surface area contributed by atoms with E-state index in [4.69, 9.17) is 4.74 Å². The highest BCUT2D eigenvalue weighted by molar-refractivity contribution is 7.86. The van der Waals surface area contributed by atoms with E-state index in [1.165, 1.54) is 5.56 Å². The quantitative estimate of drug-likeness (QED) is 0.605. The summed E-state index contributed by atoms with van der Waals surface area (Å²) in [7, 11) is 2.79. The number of aliphatic imine (C=N–C) groups is 1. The van der Waals surface area contributed by atoms with Crippen molar-refractivity contribution in [2.45, 2.75) is 39.0 Å². The van der Waals surface area contributed by atoms with Crippen LogP contribution in [0.25, 0.3) is 0 Å². The minimum atomic E-state index is -0.880. The first-order chi connectivity index (χ1) is 11.3. The van der Waals surface area contributed by atoms with E-state index in [0.717, 1.165) is 24.8 Å². The monoisotopic (exact) mass is 353 g/mol. The van der Waals surface area contributed by atoms with Gasteiger partial charge in [-0.15, -0.1) is 0 Å². The number of hydrogen-bond acceptors (Lipinski definition) is 3. The second-order valence-electron chi connectivity index (χ2n) is 6.60. The summed E-state index contributed by atoms with van der Waals surface area (Å²) in [4.78, 5) is 6.69. The van der Waals surface area contributed by atoms with E-state index in [0.29, 0.717) is 12.3 Å². The van der Waals surface area contributed by atoms with Gasteiger partial charge >= 0.3 is 0 Å². The molecule has 0 amide bonds. The molecule has 0 saturated carbocycles. The molecule has 24 heavy (non-hydrogen) atoms. The smallest absolute Gasteiger partial charge is 0.193 e. The molecule has 1 unspecified atom stereocenters. The van der Waals surface area contributed by atoms with E-state index in [1.807, 2.05) is 59.0 Å². The average molecular weight is 354 g/mol. The SMILES string of the molecule is CCNC(=NCCS(=O)C(C)(C)C)N(C)Cc1ccc(OC)cc1. The van der Waals surface area contributed by atoms with Gasteiger partial charge in [-0.3, -0.25) is 9.20 Å². The van der Waals surface area contributed by atoms with E-state index in [2.05, 4.69) is 15.2 Å². The zero-order valence-corrected chi connectivity index (χ0v) is 16.6. The molecule has 0 aliphatic rings. The number of guanidine groups is 1. The zero-order valence-electron chi connectivity index (χ0n) is 15.8. The number of ether oxygens (including phenoxy) is 1. The van der Waals surface area contributed by atoms with Crippen molar-refractivity contribution in [3.63, 3.8) is 0 Å². The standard InChI is InChI=1S/C18H31N3O2S/c1-7-19-17(20-12-13-24(22)18(2,3)4)21(5)14-15-8-10-16(23-6)11-9-15/h8-11H,7,12-14H2,1-6H3,(H,19,20). The molecule has 1 aromatic rings. The lowest BCUT2D eigenvalue weighted by molar-refractivity contribution is 0.414. The van der Waals surface area contributed by atoms with Crippen LogP contribution in [0.15, 0.2) is 29.3 Å². The Bertz CT molecular complexity index is 550. The lowest BCUT2D eigenvalue weighted by Crippen LogP contribution is -2.39. The third-order valence-electron chi connectivity index (χ3n) is 3.50. The predicted molar refractivity (Wildman–Crippen MR) is 103 cm³/mol. The number of rotatable bonds is 7. The van der Waals surface area contributed by atoms with Gasteiger partial charge < -0.3 is 15.0 Å². The van der Waals surface area contributed by atoms with Crippen LogP contribution in [0.4, 0.5) is 0 Å². The van der Waals surface area contributed by atoms with E-state index >= 15 is 0 Å². The highest BCUT2D eigenvalue weighted by Gasteiger charge is 2.18. The molecule has 1 atom stereocenters. The molecule has 5 nitrogen and oxygen atoms in total. The van der Waals surface area contributed by atoms with Gasteiger partial charge in [0.2, 0.25) is 0 Å². The third-order valence-corrected chi connectivity index (χ3v) is 5.42. The maximum atomic E-state index is 12.1. The second kappa shape index (κ2) is 9.67. The van der Waals surface area contributed by atoms with Gasteiger partial charge in [0, 0.05) is 41.4 Å². The van der Waals surface area contributed by atoms with Crippen LogP contribution >= 0.6 is 0 Å². The van der Waals surface area contributed by atoms with Crippen molar-refractivity contribution < 1.29 is 8.95 Å². The second-order valence-corrected chi connectivity index (χ2v) is 8.93. The summed E-state index contributed by atoms with van der Waals surface area (Å²) in [5, 5.41) is 3.29. The van der Waals surface area contributed by atoms with Crippen molar-refractivity contribution >= 4 is 16.8 Å². The molecule has 0 fully saturated rings. The number of hydrogen-bond donors (Lipinski definition) is 1. The zero-order chi connectivity index (χ0) is 18.2. The predicted octanol–water partition coefficient (Wildman–Crippen LogP) is 2.64. The molecule has 1 rings (SSSR count). The van der Waals surface area contributed by atoms with Gasteiger partial charge in [0.15, 0.2) is 5.96 Å². The lowest BCUT2D eigenvalue weighted by Gasteiger charge is -2.22. The topological polar surface area (TPSA) is 53.9 Å². The van der Waals surface area contributed by atoms with Crippen molar-refractivity contribution in [2.75, 3.05) is 33.0 Å². The van der Waals surface area contributed by atoms with Crippen LogP contribution in [0.2, 0.25) is 0 Å². The molecule has 0 saturated heterocycles. The fraction of sp³-hybridized carbons (Fsp3) is 0.611. The highest BCUT2D eigenvalue weighted by Crippen LogP contribution is 2.13. The third kappa shape index (κ3) is 6.91. The van der Waals surface area contributed by atoms with E-state index in [9.17, 15) is 4.21 Å². The molecular formula is C18H31N3O2S. The van der Waals surface area contributed by atoms with Crippen LogP contribution in [-0.2, 0) is 17.3 Å². The number of methoxy groups -OCH3 is 1. The molecule has 0 bridgehead atoms. The van der Waals surface area contributed by atoms with Crippen LogP contribution in [0.3, 0.4) is 0 Å². The minimum Gasteiger partial charge on any atom is -0.497 e. The Labute approximate surface area is 149 Å². The van der Waals surface area contributed by atoms with Gasteiger partial charge in [0.25, 0.3) is 0 Å². The summed E-state index contributed by atoms with van der Waals surface area (Å²) in [6, 6.07) is 8.01. The average Bonchev–Trinajstić information content (AvgIpc) is 2.53.